The van der Waals surface area contributed by atoms with Crippen LogP contribution in [0, 0.1) is 0 Å². The lowest BCUT2D eigenvalue weighted by molar-refractivity contribution is 0.102. The molecule has 104 valence electrons. The molecule has 0 aromatic heterocycles. The summed E-state index contributed by atoms with van der Waals surface area (Å²) in [6.07, 6.45) is 0. The predicted octanol–water partition coefficient (Wildman–Crippen LogP) is 5.59. The molecular formula is C16H15Br2NO. The number of nitrogens with one attached hydrogen (secondary N) is 1. The Labute approximate surface area is 135 Å². The fraction of sp³-hybridized carbons (Fsp3) is 0.188. The maximum atomic E-state index is 12.3. The van der Waals surface area contributed by atoms with Gasteiger partial charge in [0.2, 0.25) is 0 Å². The van der Waals surface area contributed by atoms with E-state index in [9.17, 15) is 4.79 Å². The number of amides is 1. The van der Waals surface area contributed by atoms with Gasteiger partial charge in [0.1, 0.15) is 0 Å². The van der Waals surface area contributed by atoms with Gasteiger partial charge in [-0.05, 0) is 57.7 Å². The van der Waals surface area contributed by atoms with E-state index in [1.54, 1.807) is 6.07 Å². The van der Waals surface area contributed by atoms with Crippen molar-refractivity contribution in [3.8, 4) is 0 Å². The Kier molecular flexibility index (Phi) is 5.00. The van der Waals surface area contributed by atoms with Crippen molar-refractivity contribution in [1.82, 2.24) is 0 Å². The van der Waals surface area contributed by atoms with Crippen molar-refractivity contribution in [3.05, 3.63) is 62.5 Å². The average Bonchev–Trinajstić information content (AvgIpc) is 2.41. The molecule has 20 heavy (non-hydrogen) atoms. The minimum Gasteiger partial charge on any atom is -0.322 e. The van der Waals surface area contributed by atoms with E-state index in [4.69, 9.17) is 0 Å². The van der Waals surface area contributed by atoms with Gasteiger partial charge in [0.15, 0.2) is 0 Å². The minimum atomic E-state index is -0.126. The van der Waals surface area contributed by atoms with Gasteiger partial charge in [-0.25, -0.2) is 0 Å². The van der Waals surface area contributed by atoms with E-state index in [0.29, 0.717) is 11.5 Å². The average molecular weight is 397 g/mol. The van der Waals surface area contributed by atoms with Crippen molar-refractivity contribution in [1.29, 1.82) is 0 Å². The quantitative estimate of drug-likeness (QED) is 0.719. The molecule has 0 spiro atoms. The lowest BCUT2D eigenvalue weighted by atomic mass is 10.0. The highest BCUT2D eigenvalue weighted by Crippen LogP contribution is 2.24. The van der Waals surface area contributed by atoms with Gasteiger partial charge >= 0.3 is 0 Å². The van der Waals surface area contributed by atoms with Gasteiger partial charge in [-0.15, -0.1) is 0 Å². The van der Waals surface area contributed by atoms with Crippen LogP contribution in [0.2, 0.25) is 0 Å². The van der Waals surface area contributed by atoms with Crippen LogP contribution in [0.4, 0.5) is 5.69 Å². The lowest BCUT2D eigenvalue weighted by Gasteiger charge is -2.10. The number of carbonyl (C=O) groups is 1. The first-order valence-electron chi connectivity index (χ1n) is 6.33. The Balaban J connectivity index is 2.23. The highest BCUT2D eigenvalue weighted by Gasteiger charge is 2.11. The molecule has 1 amide bonds. The van der Waals surface area contributed by atoms with E-state index in [0.717, 1.165) is 14.6 Å². The SMILES string of the molecule is CC(C)c1cccc(NC(=O)c2cc(Br)ccc2Br)c1. The van der Waals surface area contributed by atoms with Crippen LogP contribution in [0.5, 0.6) is 0 Å². The molecule has 2 nitrogen and oxygen atoms in total. The number of rotatable bonds is 3. The summed E-state index contributed by atoms with van der Waals surface area (Å²) in [4.78, 5) is 12.3. The van der Waals surface area contributed by atoms with Crippen molar-refractivity contribution in [2.45, 2.75) is 19.8 Å². The first-order valence-corrected chi connectivity index (χ1v) is 7.92. The number of carbonyl (C=O) groups excluding carboxylic acids is 1. The largest absolute Gasteiger partial charge is 0.322 e. The van der Waals surface area contributed by atoms with E-state index >= 15 is 0 Å². The molecule has 4 heteroatoms. The number of halogens is 2. The summed E-state index contributed by atoms with van der Waals surface area (Å²) in [6, 6.07) is 13.5. The normalized spacial score (nSPS) is 10.7. The van der Waals surface area contributed by atoms with Crippen LogP contribution >= 0.6 is 31.9 Å². The second-order valence-electron chi connectivity index (χ2n) is 4.86. The van der Waals surface area contributed by atoms with Crippen LogP contribution in [-0.4, -0.2) is 5.91 Å². The fourth-order valence-corrected chi connectivity index (χ4v) is 2.63. The van der Waals surface area contributed by atoms with Crippen LogP contribution < -0.4 is 5.32 Å². The molecule has 0 aliphatic rings. The molecule has 1 N–H and O–H groups in total. The molecule has 0 heterocycles. The van der Waals surface area contributed by atoms with Crippen LogP contribution in [0.15, 0.2) is 51.4 Å². The maximum absolute atomic E-state index is 12.3. The van der Waals surface area contributed by atoms with Crippen molar-refractivity contribution in [2.75, 3.05) is 5.32 Å². The Bertz CT molecular complexity index is 638. The summed E-state index contributed by atoms with van der Waals surface area (Å²) in [7, 11) is 0. The monoisotopic (exact) mass is 395 g/mol. The van der Waals surface area contributed by atoms with E-state index in [1.807, 2.05) is 30.3 Å². The third-order valence-electron chi connectivity index (χ3n) is 2.98. The Morgan fingerprint density at radius 1 is 1.10 bits per heavy atom. The van der Waals surface area contributed by atoms with E-state index in [2.05, 4.69) is 57.1 Å². The van der Waals surface area contributed by atoms with Crippen molar-refractivity contribution in [3.63, 3.8) is 0 Å². The van der Waals surface area contributed by atoms with Gasteiger partial charge in [-0.3, -0.25) is 4.79 Å². The van der Waals surface area contributed by atoms with Gasteiger partial charge < -0.3 is 5.32 Å². The molecule has 0 saturated heterocycles. The van der Waals surface area contributed by atoms with Crippen molar-refractivity contribution in [2.24, 2.45) is 0 Å². The summed E-state index contributed by atoms with van der Waals surface area (Å²) < 4.78 is 1.65. The standard InChI is InChI=1S/C16H15Br2NO/c1-10(2)11-4-3-5-13(8-11)19-16(20)14-9-12(17)6-7-15(14)18/h3-10H,1-2H3,(H,19,20). The molecular weight excluding hydrogens is 382 g/mol. The number of benzene rings is 2. The van der Waals surface area contributed by atoms with Crippen LogP contribution in [0.1, 0.15) is 35.7 Å². The van der Waals surface area contributed by atoms with Crippen molar-refractivity contribution < 1.29 is 4.79 Å². The van der Waals surface area contributed by atoms with Gasteiger partial charge in [-0.2, -0.15) is 0 Å². The second kappa shape index (κ2) is 6.55. The number of hydrogen-bond donors (Lipinski definition) is 1. The summed E-state index contributed by atoms with van der Waals surface area (Å²) in [5.74, 6) is 0.309. The summed E-state index contributed by atoms with van der Waals surface area (Å²) in [5, 5.41) is 2.93. The third-order valence-corrected chi connectivity index (χ3v) is 4.17. The maximum Gasteiger partial charge on any atom is 0.256 e. The first kappa shape index (κ1) is 15.3. The summed E-state index contributed by atoms with van der Waals surface area (Å²) in [5.41, 5.74) is 2.62. The van der Waals surface area contributed by atoms with Crippen molar-refractivity contribution >= 4 is 43.5 Å². The molecule has 0 aliphatic heterocycles. The first-order chi connectivity index (χ1) is 9.47. The highest BCUT2D eigenvalue weighted by molar-refractivity contribution is 9.11. The molecule has 2 rings (SSSR count). The Morgan fingerprint density at radius 2 is 1.85 bits per heavy atom. The molecule has 0 radical (unpaired) electrons. The molecule has 0 atom stereocenters. The fourth-order valence-electron chi connectivity index (χ4n) is 1.85. The van der Waals surface area contributed by atoms with E-state index < -0.39 is 0 Å². The molecule has 0 saturated carbocycles. The van der Waals surface area contributed by atoms with E-state index in [-0.39, 0.29) is 5.91 Å². The molecule has 0 unspecified atom stereocenters. The van der Waals surface area contributed by atoms with Crippen LogP contribution in [-0.2, 0) is 0 Å². The molecule has 2 aromatic carbocycles. The summed E-state index contributed by atoms with van der Waals surface area (Å²) >= 11 is 6.78. The van der Waals surface area contributed by atoms with Gasteiger partial charge in [0.25, 0.3) is 5.91 Å². The smallest absolute Gasteiger partial charge is 0.256 e. The molecule has 2 aromatic rings. The second-order valence-corrected chi connectivity index (χ2v) is 6.63. The Hall–Kier alpha value is -1.13. The van der Waals surface area contributed by atoms with Gasteiger partial charge in [0, 0.05) is 14.6 Å². The number of anilines is 1. The van der Waals surface area contributed by atoms with Crippen LogP contribution in [0.25, 0.3) is 0 Å². The number of hydrogen-bond acceptors (Lipinski definition) is 1. The molecule has 0 bridgehead atoms. The minimum absolute atomic E-state index is 0.126. The zero-order valence-electron chi connectivity index (χ0n) is 11.3. The predicted molar refractivity (Wildman–Crippen MR) is 90.3 cm³/mol. The van der Waals surface area contributed by atoms with Gasteiger partial charge in [-0.1, -0.05) is 41.9 Å². The lowest BCUT2D eigenvalue weighted by Crippen LogP contribution is -2.12. The van der Waals surface area contributed by atoms with E-state index in [1.165, 1.54) is 5.56 Å². The molecule has 0 aliphatic carbocycles. The zero-order valence-corrected chi connectivity index (χ0v) is 14.5. The van der Waals surface area contributed by atoms with Crippen LogP contribution in [0.3, 0.4) is 0 Å². The highest BCUT2D eigenvalue weighted by atomic mass is 79.9. The van der Waals surface area contributed by atoms with Gasteiger partial charge in [0.05, 0.1) is 5.56 Å². The zero-order chi connectivity index (χ0) is 14.7. The third kappa shape index (κ3) is 3.70. The topological polar surface area (TPSA) is 29.1 Å². The Morgan fingerprint density at radius 3 is 2.55 bits per heavy atom. The molecule has 0 fully saturated rings. The summed E-state index contributed by atoms with van der Waals surface area (Å²) in [6.45, 7) is 4.26.